The maximum absolute atomic E-state index is 18.1. The molecular weight excluding hydrogens is 753 g/mol. The van der Waals surface area contributed by atoms with Gasteiger partial charge in [0.25, 0.3) is 8.32 Å². The maximum atomic E-state index is 18.1. The van der Waals surface area contributed by atoms with Crippen LogP contribution >= 0.6 is 0 Å². The van der Waals surface area contributed by atoms with E-state index < -0.39 is 48.5 Å². The van der Waals surface area contributed by atoms with E-state index in [0.717, 1.165) is 14.9 Å². The standard InChI is InChI=1S/C47H49F2N3O5Si/c1-6-45(33-55-58(44(2,3)4,38-23-15-9-16-24-38)39-25-17-10-18-26-39)41(47(48,49)42(57-45)52-32-31-40(50)51-43(52)53)56-46(34-19-11-7-12-20-34,35-21-13-8-14-22-35)36-27-29-37(54-5)30-28-36/h7-32,41-42H,6,33H2,1-5H3,(H2,50,51,53)/t41-,42-,45-/m1/s1. The number of hydrogen-bond acceptors (Lipinski definition) is 7. The zero-order valence-electron chi connectivity index (χ0n) is 33.3. The molecule has 0 bridgehead atoms. The Labute approximate surface area is 339 Å². The van der Waals surface area contributed by atoms with E-state index in [4.69, 9.17) is 24.4 Å². The van der Waals surface area contributed by atoms with Gasteiger partial charge in [-0.05, 0) is 56.7 Å². The van der Waals surface area contributed by atoms with E-state index in [1.807, 2.05) is 133 Å². The van der Waals surface area contributed by atoms with Gasteiger partial charge in [0.05, 0.1) is 13.7 Å². The molecule has 1 saturated heterocycles. The van der Waals surface area contributed by atoms with E-state index in [1.54, 1.807) is 26.2 Å². The van der Waals surface area contributed by atoms with Crippen LogP contribution < -0.4 is 26.5 Å². The molecule has 6 aromatic rings. The van der Waals surface area contributed by atoms with Gasteiger partial charge in [-0.1, -0.05) is 161 Å². The van der Waals surface area contributed by atoms with Gasteiger partial charge >= 0.3 is 11.6 Å². The molecule has 8 nitrogen and oxygen atoms in total. The fourth-order valence-corrected chi connectivity index (χ4v) is 13.0. The van der Waals surface area contributed by atoms with Crippen molar-refractivity contribution < 1.29 is 27.4 Å². The van der Waals surface area contributed by atoms with Gasteiger partial charge < -0.3 is 24.4 Å². The average Bonchev–Trinajstić information content (AvgIpc) is 3.46. The minimum Gasteiger partial charge on any atom is -0.497 e. The SMILES string of the molecule is CC[C@]1(CO[Si](c2ccccc2)(c2ccccc2)C(C)(C)C)O[C@@H](n2ccc(N)nc2=O)C(F)(F)[C@@H]1OC(c1ccccc1)(c1ccccc1)c1ccc(OC)cc1. The zero-order valence-corrected chi connectivity index (χ0v) is 34.3. The van der Waals surface area contributed by atoms with Crippen LogP contribution in [0.4, 0.5) is 14.6 Å². The van der Waals surface area contributed by atoms with Crippen molar-refractivity contribution in [1.29, 1.82) is 0 Å². The lowest BCUT2D eigenvalue weighted by Crippen LogP contribution is -2.68. The molecule has 11 heteroatoms. The highest BCUT2D eigenvalue weighted by Crippen LogP contribution is 2.55. The van der Waals surface area contributed by atoms with Crippen LogP contribution in [0.15, 0.2) is 163 Å². The number of methoxy groups -OCH3 is 1. The Kier molecular flexibility index (Phi) is 11.3. The molecule has 7 rings (SSSR count). The number of hydrogen-bond donors (Lipinski definition) is 1. The highest BCUT2D eigenvalue weighted by atomic mass is 28.4. The molecule has 1 fully saturated rings. The number of aromatic nitrogens is 2. The van der Waals surface area contributed by atoms with Crippen LogP contribution in [0.2, 0.25) is 5.04 Å². The van der Waals surface area contributed by atoms with Gasteiger partial charge in [0.1, 0.15) is 22.8 Å². The molecule has 3 atom stereocenters. The van der Waals surface area contributed by atoms with Crippen molar-refractivity contribution in [3.63, 3.8) is 0 Å². The van der Waals surface area contributed by atoms with Crippen molar-refractivity contribution in [3.8, 4) is 5.75 Å². The molecule has 0 saturated carbocycles. The van der Waals surface area contributed by atoms with Crippen molar-refractivity contribution in [2.45, 2.75) is 68.6 Å². The van der Waals surface area contributed by atoms with Gasteiger partial charge in [-0.2, -0.15) is 13.8 Å². The minimum atomic E-state index is -3.84. The van der Waals surface area contributed by atoms with E-state index >= 15 is 8.78 Å². The molecule has 1 aliphatic heterocycles. The number of anilines is 1. The topological polar surface area (TPSA) is 97.8 Å². The highest BCUT2D eigenvalue weighted by molar-refractivity contribution is 6.99. The van der Waals surface area contributed by atoms with Crippen LogP contribution in [0.25, 0.3) is 0 Å². The molecule has 2 heterocycles. The molecule has 2 N–H and O–H groups in total. The largest absolute Gasteiger partial charge is 0.497 e. The number of rotatable bonds is 13. The molecule has 5 aromatic carbocycles. The second-order valence-corrected chi connectivity index (χ2v) is 20.0. The second-order valence-electron chi connectivity index (χ2n) is 15.7. The summed E-state index contributed by atoms with van der Waals surface area (Å²) in [6, 6.07) is 47.1. The Morgan fingerprint density at radius 1 is 0.759 bits per heavy atom. The normalized spacial score (nSPS) is 19.5. The minimum absolute atomic E-state index is 0.0291. The first-order chi connectivity index (χ1) is 27.8. The van der Waals surface area contributed by atoms with Gasteiger partial charge in [0.2, 0.25) is 6.23 Å². The number of nitrogens with zero attached hydrogens (tertiary/aromatic N) is 2. The van der Waals surface area contributed by atoms with E-state index in [0.29, 0.717) is 22.4 Å². The number of ether oxygens (including phenoxy) is 3. The monoisotopic (exact) mass is 801 g/mol. The predicted octanol–water partition coefficient (Wildman–Crippen LogP) is 8.10. The number of nitrogen functional groups attached to an aromatic ring is 1. The number of nitrogens with two attached hydrogens (primary N) is 1. The van der Waals surface area contributed by atoms with Gasteiger partial charge in [-0.25, -0.2) is 4.79 Å². The lowest BCUT2D eigenvalue weighted by Gasteiger charge is -2.47. The summed E-state index contributed by atoms with van der Waals surface area (Å²) in [6.07, 6.45) is -2.90. The van der Waals surface area contributed by atoms with Gasteiger partial charge in [0.15, 0.2) is 6.10 Å². The molecule has 0 spiro atoms. The van der Waals surface area contributed by atoms with Gasteiger partial charge in [-0.15, -0.1) is 0 Å². The molecule has 0 amide bonds. The van der Waals surface area contributed by atoms with Crippen LogP contribution in [0.3, 0.4) is 0 Å². The predicted molar refractivity (Wildman–Crippen MR) is 225 cm³/mol. The first-order valence-electron chi connectivity index (χ1n) is 19.4. The van der Waals surface area contributed by atoms with Crippen LogP contribution in [0.1, 0.15) is 57.0 Å². The molecule has 1 aromatic heterocycles. The van der Waals surface area contributed by atoms with Gasteiger partial charge in [0, 0.05) is 6.20 Å². The third-order valence-electron chi connectivity index (χ3n) is 11.3. The van der Waals surface area contributed by atoms with Crippen LogP contribution in [-0.4, -0.2) is 49.2 Å². The third kappa shape index (κ3) is 7.06. The second kappa shape index (κ2) is 16.1. The van der Waals surface area contributed by atoms with Crippen LogP contribution in [0.5, 0.6) is 5.75 Å². The fourth-order valence-electron chi connectivity index (χ4n) is 8.40. The van der Waals surface area contributed by atoms with Crippen LogP contribution in [-0.2, 0) is 19.5 Å². The Morgan fingerprint density at radius 2 is 1.24 bits per heavy atom. The summed E-state index contributed by atoms with van der Waals surface area (Å²) in [5, 5.41) is 1.46. The Morgan fingerprint density at radius 3 is 1.69 bits per heavy atom. The summed E-state index contributed by atoms with van der Waals surface area (Å²) >= 11 is 0. The smallest absolute Gasteiger partial charge is 0.351 e. The van der Waals surface area contributed by atoms with E-state index in [2.05, 4.69) is 25.8 Å². The summed E-state index contributed by atoms with van der Waals surface area (Å²) in [7, 11) is -1.76. The third-order valence-corrected chi connectivity index (χ3v) is 16.3. The van der Waals surface area contributed by atoms with Crippen molar-refractivity contribution in [2.75, 3.05) is 19.5 Å². The molecular formula is C47H49F2N3O5Si. The van der Waals surface area contributed by atoms with Crippen molar-refractivity contribution >= 4 is 24.5 Å². The quantitative estimate of drug-likeness (QED) is 0.0932. The summed E-state index contributed by atoms with van der Waals surface area (Å²) in [4.78, 5) is 17.2. The van der Waals surface area contributed by atoms with Gasteiger partial charge in [-0.3, -0.25) is 4.57 Å². The van der Waals surface area contributed by atoms with Crippen molar-refractivity contribution in [1.82, 2.24) is 9.55 Å². The summed E-state index contributed by atoms with van der Waals surface area (Å²) in [5.74, 6) is -3.35. The molecule has 0 radical (unpaired) electrons. The number of alkyl halides is 2. The van der Waals surface area contributed by atoms with E-state index in [-0.39, 0.29) is 18.8 Å². The lowest BCUT2D eigenvalue weighted by molar-refractivity contribution is -0.191. The molecule has 300 valence electrons. The summed E-state index contributed by atoms with van der Waals surface area (Å²) < 4.78 is 63.9. The molecule has 0 unspecified atom stereocenters. The first-order valence-corrected chi connectivity index (χ1v) is 21.3. The molecule has 1 aliphatic rings. The number of benzene rings is 5. The van der Waals surface area contributed by atoms with Crippen LogP contribution in [0, 0.1) is 0 Å². The number of halogens is 2. The first kappa shape index (κ1) is 40.7. The average molecular weight is 802 g/mol. The van der Waals surface area contributed by atoms with E-state index in [9.17, 15) is 4.79 Å². The summed E-state index contributed by atoms with van der Waals surface area (Å²) in [5.41, 5.74) is 3.21. The molecule has 58 heavy (non-hydrogen) atoms. The Hall–Kier alpha value is -5.46. The Bertz CT molecular complexity index is 2270. The summed E-state index contributed by atoms with van der Waals surface area (Å²) in [6.45, 7) is 7.86. The van der Waals surface area contributed by atoms with Crippen molar-refractivity contribution in [2.24, 2.45) is 0 Å². The zero-order chi connectivity index (χ0) is 41.2. The van der Waals surface area contributed by atoms with E-state index in [1.165, 1.54) is 12.3 Å². The fraction of sp³-hybridized carbons (Fsp3) is 0.277. The Balaban J connectivity index is 1.48. The molecule has 0 aliphatic carbocycles. The lowest BCUT2D eigenvalue weighted by atomic mass is 9.79. The maximum Gasteiger partial charge on any atom is 0.351 e. The highest BCUT2D eigenvalue weighted by Gasteiger charge is 2.70. The van der Waals surface area contributed by atoms with Crippen molar-refractivity contribution in [3.05, 3.63) is 185 Å².